The molecular weight excluding hydrogens is 328 g/mol. The number of sulfone groups is 1. The minimum atomic E-state index is -3.89. The molecule has 2 fully saturated rings. The van der Waals surface area contributed by atoms with Crippen LogP contribution < -0.4 is 0 Å². The number of benzene rings is 1. The summed E-state index contributed by atoms with van der Waals surface area (Å²) in [6.07, 6.45) is 4.88. The first kappa shape index (κ1) is 17.1. The van der Waals surface area contributed by atoms with Gasteiger partial charge in [-0.05, 0) is 44.2 Å². The summed E-state index contributed by atoms with van der Waals surface area (Å²) in [5.74, 6) is -0.677. The Morgan fingerprint density at radius 2 is 1.88 bits per heavy atom. The Kier molecular flexibility index (Phi) is 4.76. The lowest BCUT2D eigenvalue weighted by atomic mass is 9.89. The quantitative estimate of drug-likeness (QED) is 0.760. The lowest BCUT2D eigenvalue weighted by molar-refractivity contribution is -0.143. The molecule has 2 saturated carbocycles. The van der Waals surface area contributed by atoms with Crippen LogP contribution in [0.5, 0.6) is 0 Å². The fraction of sp³-hybridized carbons (Fsp3) is 0.278. The van der Waals surface area contributed by atoms with Gasteiger partial charge in [-0.3, -0.25) is 9.59 Å². The molecule has 0 bridgehead atoms. The largest absolute Gasteiger partial charge is 0.466 e. The average molecular weight is 345 g/mol. The molecule has 0 N–H and O–H groups in total. The monoisotopic (exact) mass is 345 g/mol. The Balaban J connectivity index is 1.97. The molecule has 125 valence electrons. The van der Waals surface area contributed by atoms with Gasteiger partial charge < -0.3 is 4.74 Å². The third-order valence-corrected chi connectivity index (χ3v) is 6.38. The predicted octanol–water partition coefficient (Wildman–Crippen LogP) is 1.76. The summed E-state index contributed by atoms with van der Waals surface area (Å²) in [6.45, 7) is 1.90. The molecule has 0 aromatic heterocycles. The van der Waals surface area contributed by atoms with Gasteiger partial charge in [0, 0.05) is 5.92 Å². The van der Waals surface area contributed by atoms with E-state index in [1.165, 1.54) is 12.1 Å². The molecule has 0 saturated heterocycles. The highest BCUT2D eigenvalue weighted by molar-refractivity contribution is 7.93. The first-order valence-corrected chi connectivity index (χ1v) is 9.25. The van der Waals surface area contributed by atoms with Gasteiger partial charge in [-0.25, -0.2) is 8.42 Å². The van der Waals surface area contributed by atoms with Crippen molar-refractivity contribution >= 4 is 21.6 Å². The fourth-order valence-corrected chi connectivity index (χ4v) is 5.13. The number of Topliss-reactive ketones (excluding diaryl/α,β-unsaturated/α-hetero) is 1. The third kappa shape index (κ3) is 2.88. The predicted molar refractivity (Wildman–Crippen MR) is 86.5 cm³/mol. The van der Waals surface area contributed by atoms with E-state index in [2.05, 4.69) is 0 Å². The molecule has 2 atom stereocenters. The van der Waals surface area contributed by atoms with E-state index >= 15 is 0 Å². The zero-order valence-electron chi connectivity index (χ0n) is 13.1. The topological polar surface area (TPSA) is 77.5 Å². The van der Waals surface area contributed by atoms with Gasteiger partial charge in [0.05, 0.1) is 23.8 Å². The number of carbonyl (C=O) groups excluding carboxylic acids is 2. The molecule has 0 spiro atoms. The van der Waals surface area contributed by atoms with Crippen LogP contribution in [0.3, 0.4) is 0 Å². The van der Waals surface area contributed by atoms with Crippen LogP contribution >= 0.6 is 0 Å². The maximum atomic E-state index is 13.0. The second kappa shape index (κ2) is 6.67. The maximum Gasteiger partial charge on any atom is 0.306 e. The van der Waals surface area contributed by atoms with Crippen molar-refractivity contribution in [3.63, 3.8) is 0 Å². The van der Waals surface area contributed by atoms with Gasteiger partial charge in [-0.15, -0.1) is 0 Å². The van der Waals surface area contributed by atoms with E-state index in [1.807, 2.05) is 0 Å². The summed E-state index contributed by atoms with van der Waals surface area (Å²) in [5.41, 5.74) is 0. The maximum absolute atomic E-state index is 13.0. The Hall–Kier alpha value is -1.69. The van der Waals surface area contributed by atoms with Crippen LogP contribution in [0.25, 0.3) is 0 Å². The Labute approximate surface area is 142 Å². The smallest absolute Gasteiger partial charge is 0.306 e. The minimum Gasteiger partial charge on any atom is -0.466 e. The van der Waals surface area contributed by atoms with Crippen LogP contribution in [0.15, 0.2) is 35.2 Å². The SMILES string of the molecule is CCOC(=O)C[C@H]1[C]2[CH][CH][CH][C]2C(=O)C1S(=O)(=O)c1ccccc1. The lowest BCUT2D eigenvalue weighted by Crippen LogP contribution is -2.35. The van der Waals surface area contributed by atoms with Crippen LogP contribution in [0, 0.1) is 37.0 Å². The molecule has 2 aliphatic carbocycles. The van der Waals surface area contributed by atoms with Gasteiger partial charge in [0.25, 0.3) is 0 Å². The van der Waals surface area contributed by atoms with Crippen molar-refractivity contribution in [3.8, 4) is 0 Å². The van der Waals surface area contributed by atoms with Crippen molar-refractivity contribution in [2.24, 2.45) is 5.92 Å². The summed E-state index contributed by atoms with van der Waals surface area (Å²) < 4.78 is 30.9. The molecule has 1 aromatic rings. The first-order valence-electron chi connectivity index (χ1n) is 7.71. The van der Waals surface area contributed by atoms with Crippen molar-refractivity contribution in [1.29, 1.82) is 0 Å². The number of rotatable bonds is 5. The number of carbonyl (C=O) groups is 2. The van der Waals surface area contributed by atoms with E-state index in [0.717, 1.165) is 0 Å². The number of ether oxygens (including phenoxy) is 1. The molecule has 1 unspecified atom stereocenters. The summed E-state index contributed by atoms with van der Waals surface area (Å²) in [6, 6.07) is 7.86. The molecule has 2 aliphatic rings. The molecule has 0 aliphatic heterocycles. The third-order valence-electron chi connectivity index (χ3n) is 4.24. The van der Waals surface area contributed by atoms with Gasteiger partial charge in [0.1, 0.15) is 5.25 Å². The number of esters is 1. The van der Waals surface area contributed by atoms with Crippen molar-refractivity contribution in [1.82, 2.24) is 0 Å². The highest BCUT2D eigenvalue weighted by Crippen LogP contribution is 2.51. The Bertz CT molecular complexity index is 725. The summed E-state index contributed by atoms with van der Waals surface area (Å²) >= 11 is 0. The van der Waals surface area contributed by atoms with Crippen LogP contribution in [0.2, 0.25) is 0 Å². The summed E-state index contributed by atoms with van der Waals surface area (Å²) in [5, 5.41) is -1.28. The molecule has 24 heavy (non-hydrogen) atoms. The van der Waals surface area contributed by atoms with Gasteiger partial charge in [-0.1, -0.05) is 18.2 Å². The minimum absolute atomic E-state index is 0.0855. The molecular formula is C18H17O5S. The normalized spacial score (nSPS) is 25.0. The van der Waals surface area contributed by atoms with E-state index in [-0.39, 0.29) is 17.9 Å². The van der Waals surface area contributed by atoms with Crippen molar-refractivity contribution < 1.29 is 22.7 Å². The van der Waals surface area contributed by atoms with E-state index in [9.17, 15) is 18.0 Å². The summed E-state index contributed by atoms with van der Waals surface area (Å²) in [7, 11) is -3.89. The molecule has 0 amide bonds. The second-order valence-electron chi connectivity index (χ2n) is 5.65. The molecule has 5 nitrogen and oxygen atoms in total. The molecule has 1 aromatic carbocycles. The molecule has 3 rings (SSSR count). The van der Waals surface area contributed by atoms with Crippen LogP contribution in [-0.4, -0.2) is 32.0 Å². The number of fused-ring (bicyclic) bond motifs is 1. The van der Waals surface area contributed by atoms with E-state index in [0.29, 0.717) is 11.8 Å². The van der Waals surface area contributed by atoms with Crippen LogP contribution in [-0.2, 0) is 24.2 Å². The molecule has 0 heterocycles. The molecule has 5 radical (unpaired) electrons. The lowest BCUT2D eigenvalue weighted by Gasteiger charge is -2.21. The number of ketones is 1. The fourth-order valence-electron chi connectivity index (χ4n) is 3.21. The van der Waals surface area contributed by atoms with Gasteiger partial charge in [0.2, 0.25) is 0 Å². The Morgan fingerprint density at radius 3 is 2.54 bits per heavy atom. The van der Waals surface area contributed by atoms with E-state index in [1.54, 1.807) is 44.4 Å². The zero-order valence-corrected chi connectivity index (χ0v) is 14.0. The zero-order chi connectivity index (χ0) is 17.3. The van der Waals surface area contributed by atoms with Crippen LogP contribution in [0.4, 0.5) is 0 Å². The van der Waals surface area contributed by atoms with Gasteiger partial charge >= 0.3 is 5.97 Å². The Morgan fingerprint density at radius 1 is 1.17 bits per heavy atom. The van der Waals surface area contributed by atoms with Gasteiger partial charge in [0.15, 0.2) is 15.6 Å². The average Bonchev–Trinajstić information content (AvgIpc) is 3.12. The standard InChI is InChI=1S/C18H17O5S/c1-2-23-16(19)11-15-13-9-6-10-14(13)17(20)18(15)24(21,22)12-7-4-3-5-8-12/h3-10,15,18H,2,11H2,1H3/t15-,18?/m0/s1. The van der Waals surface area contributed by atoms with Crippen LogP contribution in [0.1, 0.15) is 13.3 Å². The van der Waals surface area contributed by atoms with Crippen molar-refractivity contribution in [3.05, 3.63) is 61.4 Å². The second-order valence-corrected chi connectivity index (χ2v) is 7.72. The summed E-state index contributed by atoms with van der Waals surface area (Å²) in [4.78, 5) is 24.7. The highest BCUT2D eigenvalue weighted by atomic mass is 32.2. The van der Waals surface area contributed by atoms with E-state index in [4.69, 9.17) is 4.74 Å². The number of hydrogen-bond donors (Lipinski definition) is 0. The highest BCUT2D eigenvalue weighted by Gasteiger charge is 2.58. The van der Waals surface area contributed by atoms with E-state index < -0.39 is 32.8 Å². The number of hydrogen-bond acceptors (Lipinski definition) is 5. The molecule has 6 heteroatoms. The van der Waals surface area contributed by atoms with Crippen molar-refractivity contribution in [2.45, 2.75) is 23.5 Å². The van der Waals surface area contributed by atoms with Crippen molar-refractivity contribution in [2.75, 3.05) is 6.61 Å². The first-order chi connectivity index (χ1) is 11.5. The van der Waals surface area contributed by atoms with Gasteiger partial charge in [-0.2, -0.15) is 0 Å².